The number of benzene rings is 6. The largest absolute Gasteiger partial charge is 0.264 e. The van der Waals surface area contributed by atoms with Crippen LogP contribution in [-0.4, -0.2) is 40.1 Å². The second-order valence-electron chi connectivity index (χ2n) is 15.8. The van der Waals surface area contributed by atoms with E-state index in [1.807, 2.05) is 156 Å². The lowest BCUT2D eigenvalue weighted by molar-refractivity contribution is 1.02. The summed E-state index contributed by atoms with van der Waals surface area (Å²) in [5, 5.41) is 16.5. The maximum atomic E-state index is 4.38. The Kier molecular flexibility index (Phi) is 15.8. The van der Waals surface area contributed by atoms with Gasteiger partial charge in [-0.05, 0) is 125 Å². The molecule has 324 valence electrons. The molecule has 8 heteroatoms. The molecule has 0 amide bonds. The summed E-state index contributed by atoms with van der Waals surface area (Å²) in [6.07, 6.45) is 9.22. The van der Waals surface area contributed by atoms with Gasteiger partial charge in [0.1, 0.15) is 0 Å². The highest BCUT2D eigenvalue weighted by Crippen LogP contribution is 2.15. The maximum Gasteiger partial charge on any atom is 0.0929 e. The van der Waals surface area contributed by atoms with Crippen LogP contribution < -0.4 is 0 Å². The van der Waals surface area contributed by atoms with Crippen molar-refractivity contribution < 1.29 is 0 Å². The second kappa shape index (κ2) is 22.8. The molecule has 0 radical (unpaired) electrons. The van der Waals surface area contributed by atoms with Crippen molar-refractivity contribution in [3.8, 4) is 0 Å². The van der Waals surface area contributed by atoms with Crippen LogP contribution in [0.5, 0.6) is 0 Å². The summed E-state index contributed by atoms with van der Waals surface area (Å²) in [6, 6.07) is 59.2. The fourth-order valence-corrected chi connectivity index (χ4v) is 6.88. The van der Waals surface area contributed by atoms with Gasteiger partial charge in [-0.2, -0.15) is 10.2 Å². The lowest BCUT2D eigenvalue weighted by atomic mass is 10.1. The quantitative estimate of drug-likeness (QED) is 0.148. The average Bonchev–Trinajstić information content (AvgIpc) is 3.35. The number of hydrogen-bond donors (Lipinski definition) is 0. The Hall–Kier alpha value is -8.36. The summed E-state index contributed by atoms with van der Waals surface area (Å²) in [5.74, 6) is 0. The molecule has 12 rings (SSSR count). The van der Waals surface area contributed by atoms with Crippen LogP contribution in [0.1, 0.15) is 33.9 Å². The van der Waals surface area contributed by atoms with Gasteiger partial charge in [0.25, 0.3) is 0 Å². The minimum Gasteiger partial charge on any atom is -0.264 e. The van der Waals surface area contributed by atoms with E-state index in [4.69, 9.17) is 0 Å². The van der Waals surface area contributed by atoms with Gasteiger partial charge >= 0.3 is 0 Å². The van der Waals surface area contributed by atoms with E-state index in [1.165, 1.54) is 43.4 Å². The molecular weight excluding hydrogens is 809 g/mol. The van der Waals surface area contributed by atoms with Gasteiger partial charge in [0.05, 0.1) is 39.0 Å². The predicted molar refractivity (Wildman–Crippen MR) is 274 cm³/mol. The number of aromatic nitrogens is 8. The van der Waals surface area contributed by atoms with Crippen LogP contribution >= 0.6 is 0 Å². The van der Waals surface area contributed by atoms with Gasteiger partial charge in [0.2, 0.25) is 0 Å². The SMILES string of the molecule is Cc1cc2ccccc2cn1.Cc1cc2ccccc2nn1.Cc1ccc2ccccc2n1.Cc1ccc2cccnc2c1.Cc1ccc2ccncc2c1.Cc1cnc2ccccc2n1. The van der Waals surface area contributed by atoms with Gasteiger partial charge in [-0.3, -0.25) is 24.9 Å². The van der Waals surface area contributed by atoms with Crippen LogP contribution in [0.3, 0.4) is 0 Å². The first kappa shape index (κ1) is 45.7. The van der Waals surface area contributed by atoms with E-state index < -0.39 is 0 Å². The van der Waals surface area contributed by atoms with Crippen LogP contribution in [0, 0.1) is 41.5 Å². The van der Waals surface area contributed by atoms with Crippen LogP contribution in [0.4, 0.5) is 0 Å². The van der Waals surface area contributed by atoms with Gasteiger partial charge in [-0.25, -0.2) is 4.98 Å². The highest BCUT2D eigenvalue weighted by molar-refractivity contribution is 5.83. The molecule has 0 aliphatic heterocycles. The first-order valence-electron chi connectivity index (χ1n) is 21.8. The van der Waals surface area contributed by atoms with Gasteiger partial charge < -0.3 is 0 Å². The van der Waals surface area contributed by atoms with E-state index in [-0.39, 0.29) is 0 Å². The van der Waals surface area contributed by atoms with Crippen molar-refractivity contribution in [1.29, 1.82) is 0 Å². The van der Waals surface area contributed by atoms with Crippen molar-refractivity contribution in [3.05, 3.63) is 241 Å². The molecule has 0 aliphatic carbocycles. The minimum atomic E-state index is 0.957. The number of pyridine rings is 4. The first-order chi connectivity index (χ1) is 32.2. The maximum absolute atomic E-state index is 4.38. The Balaban J connectivity index is 0.000000118. The fourth-order valence-electron chi connectivity index (χ4n) is 6.88. The summed E-state index contributed by atoms with van der Waals surface area (Å²) < 4.78 is 0. The molecule has 8 nitrogen and oxygen atoms in total. The van der Waals surface area contributed by atoms with Crippen LogP contribution in [0.25, 0.3) is 65.3 Å². The highest BCUT2D eigenvalue weighted by atomic mass is 15.1. The molecule has 0 fully saturated rings. The first-order valence-corrected chi connectivity index (χ1v) is 21.8. The Morgan fingerprint density at radius 3 is 1.67 bits per heavy atom. The normalized spacial score (nSPS) is 10.3. The number of hydrogen-bond acceptors (Lipinski definition) is 8. The smallest absolute Gasteiger partial charge is 0.0929 e. The standard InChI is InChI=1S/4C10H9N.2C9H8N2/c1-8-2-3-9-4-5-11-7-10(9)6-8;1-8-4-5-9-3-2-6-11-10(9)7-8;1-8-6-9-4-2-3-5-10(9)7-11-8;1-8-6-7-9-4-2-3-5-10(9)11-8;1-7-6-10-8-4-2-3-5-9(8)11-7;1-7-6-8-4-2-3-5-9(8)11-10-7/h4*2-7H,1H3;2*2-6H,1H3. The van der Waals surface area contributed by atoms with Crippen molar-refractivity contribution in [2.24, 2.45) is 0 Å². The fraction of sp³-hybridized carbons (Fsp3) is 0.103. The zero-order valence-corrected chi connectivity index (χ0v) is 38.2. The molecule has 0 aliphatic rings. The van der Waals surface area contributed by atoms with Gasteiger partial charge in [-0.1, -0.05) is 115 Å². The molecule has 0 unspecified atom stereocenters. The summed E-state index contributed by atoms with van der Waals surface area (Å²) in [7, 11) is 0. The topological polar surface area (TPSA) is 103 Å². The van der Waals surface area contributed by atoms with Crippen molar-refractivity contribution >= 4 is 65.3 Å². The Morgan fingerprint density at radius 1 is 0.273 bits per heavy atom. The number of rotatable bonds is 0. The molecule has 6 aromatic heterocycles. The van der Waals surface area contributed by atoms with E-state index in [2.05, 4.69) is 127 Å². The minimum absolute atomic E-state index is 0.957. The number of para-hydroxylation sites is 3. The molecule has 66 heavy (non-hydrogen) atoms. The predicted octanol–water partition coefficient (Wildman–Crippen LogP) is 14.0. The van der Waals surface area contributed by atoms with Gasteiger partial charge in [0.15, 0.2) is 0 Å². The molecule has 0 spiro atoms. The van der Waals surface area contributed by atoms with Crippen LogP contribution in [0.15, 0.2) is 207 Å². The summed E-state index contributed by atoms with van der Waals surface area (Å²) >= 11 is 0. The average molecular weight is 861 g/mol. The third kappa shape index (κ3) is 13.3. The van der Waals surface area contributed by atoms with Crippen LogP contribution in [-0.2, 0) is 0 Å². The Morgan fingerprint density at radius 2 is 0.864 bits per heavy atom. The molecule has 6 heterocycles. The lowest BCUT2D eigenvalue weighted by Crippen LogP contribution is -1.85. The molecule has 6 aromatic carbocycles. The molecular formula is C58H52N8. The van der Waals surface area contributed by atoms with Gasteiger partial charge in [0, 0.05) is 69.3 Å². The van der Waals surface area contributed by atoms with E-state index in [1.54, 1.807) is 6.20 Å². The van der Waals surface area contributed by atoms with Crippen molar-refractivity contribution in [1.82, 2.24) is 40.1 Å². The molecule has 0 N–H and O–H groups in total. The molecule has 0 saturated carbocycles. The zero-order chi connectivity index (χ0) is 46.1. The summed E-state index contributed by atoms with van der Waals surface area (Å²) in [4.78, 5) is 25.4. The van der Waals surface area contributed by atoms with E-state index in [0.29, 0.717) is 0 Å². The third-order valence-corrected chi connectivity index (χ3v) is 10.2. The molecule has 0 atom stereocenters. The molecule has 12 aromatic rings. The zero-order valence-electron chi connectivity index (χ0n) is 38.2. The van der Waals surface area contributed by atoms with Crippen molar-refractivity contribution in [2.45, 2.75) is 41.5 Å². The van der Waals surface area contributed by atoms with Gasteiger partial charge in [-0.15, -0.1) is 0 Å². The van der Waals surface area contributed by atoms with Crippen molar-refractivity contribution in [3.63, 3.8) is 0 Å². The monoisotopic (exact) mass is 860 g/mol. The third-order valence-electron chi connectivity index (χ3n) is 10.2. The summed E-state index contributed by atoms with van der Waals surface area (Å²) in [5.41, 5.74) is 11.6. The van der Waals surface area contributed by atoms with Crippen LogP contribution in [0.2, 0.25) is 0 Å². The Bertz CT molecular complexity index is 2880. The van der Waals surface area contributed by atoms with E-state index >= 15 is 0 Å². The van der Waals surface area contributed by atoms with Crippen molar-refractivity contribution in [2.75, 3.05) is 0 Å². The number of aryl methyl sites for hydroxylation is 6. The van der Waals surface area contributed by atoms with E-state index in [9.17, 15) is 0 Å². The summed E-state index contributed by atoms with van der Waals surface area (Å²) in [6.45, 7) is 12.1. The number of nitrogens with zero attached hydrogens (tertiary/aromatic N) is 8. The highest BCUT2D eigenvalue weighted by Gasteiger charge is 1.96. The molecule has 0 saturated heterocycles. The lowest BCUT2D eigenvalue weighted by Gasteiger charge is -1.96. The molecule has 0 bridgehead atoms. The second-order valence-corrected chi connectivity index (χ2v) is 15.8. The van der Waals surface area contributed by atoms with E-state index in [0.717, 1.165) is 55.7 Å². The Labute approximate surface area is 386 Å². The number of fused-ring (bicyclic) bond motifs is 6.